The van der Waals surface area contributed by atoms with Crippen molar-refractivity contribution in [1.82, 2.24) is 15.5 Å². The van der Waals surface area contributed by atoms with E-state index in [0.717, 1.165) is 37.9 Å². The van der Waals surface area contributed by atoms with Crippen LogP contribution in [0.2, 0.25) is 0 Å². The lowest BCUT2D eigenvalue weighted by atomic mass is 10.1. The molecule has 0 saturated carbocycles. The summed E-state index contributed by atoms with van der Waals surface area (Å²) in [4.78, 5) is 9.10. The molecule has 0 spiro atoms. The molecule has 3 rings (SSSR count). The Morgan fingerprint density at radius 3 is 2.52 bits per heavy atom. The van der Waals surface area contributed by atoms with Crippen LogP contribution in [0, 0.1) is 0 Å². The molecule has 2 N–H and O–H groups in total. The van der Waals surface area contributed by atoms with E-state index in [1.165, 1.54) is 29.7 Å². The van der Waals surface area contributed by atoms with Gasteiger partial charge in [0, 0.05) is 39.9 Å². The molecule has 0 amide bonds. The maximum atomic E-state index is 5.45. The monoisotopic (exact) mass is 537 g/mol. The maximum absolute atomic E-state index is 5.45. The van der Waals surface area contributed by atoms with E-state index in [0.29, 0.717) is 6.04 Å². The van der Waals surface area contributed by atoms with Crippen molar-refractivity contribution in [3.63, 3.8) is 0 Å². The van der Waals surface area contributed by atoms with E-state index in [1.54, 1.807) is 7.11 Å². The topological polar surface area (TPSA) is 52.1 Å². The van der Waals surface area contributed by atoms with Crippen LogP contribution >= 0.6 is 24.0 Å². The second kappa shape index (κ2) is 12.8. The largest absolute Gasteiger partial charge is 0.497 e. The average Bonchev–Trinajstić information content (AvgIpc) is 3.31. The molecular weight excluding hydrogens is 501 g/mol. The minimum atomic E-state index is 0. The molecule has 1 atom stereocenters. The molecule has 31 heavy (non-hydrogen) atoms. The van der Waals surface area contributed by atoms with Gasteiger partial charge in [0.15, 0.2) is 5.96 Å². The normalized spacial score (nSPS) is 15.2. The molecule has 7 heteroatoms. The van der Waals surface area contributed by atoms with Crippen LogP contribution < -0.4 is 20.3 Å². The van der Waals surface area contributed by atoms with Crippen molar-refractivity contribution in [3.05, 3.63) is 59.7 Å². The molecule has 170 valence electrons. The third kappa shape index (κ3) is 7.28. The summed E-state index contributed by atoms with van der Waals surface area (Å²) in [6.45, 7) is 3.79. The first-order valence-electron chi connectivity index (χ1n) is 10.7. The van der Waals surface area contributed by atoms with E-state index in [-0.39, 0.29) is 24.0 Å². The molecule has 1 fully saturated rings. The number of hydrogen-bond donors (Lipinski definition) is 2. The number of rotatable bonds is 8. The Morgan fingerprint density at radius 2 is 1.84 bits per heavy atom. The van der Waals surface area contributed by atoms with Crippen molar-refractivity contribution >= 4 is 35.6 Å². The zero-order valence-electron chi connectivity index (χ0n) is 19.1. The summed E-state index contributed by atoms with van der Waals surface area (Å²) in [6.07, 6.45) is 2.52. The number of nitrogens with zero attached hydrogens (tertiary/aromatic N) is 3. The Labute approximate surface area is 204 Å². The highest BCUT2D eigenvalue weighted by Gasteiger charge is 2.24. The number of methoxy groups -OCH3 is 1. The number of nitrogens with one attached hydrogen (secondary N) is 2. The molecule has 6 nitrogen and oxygen atoms in total. The number of guanidine groups is 1. The van der Waals surface area contributed by atoms with Crippen LogP contribution in [-0.4, -0.2) is 58.7 Å². The Bertz CT molecular complexity index is 836. The average molecular weight is 537 g/mol. The fraction of sp³-hybridized carbons (Fsp3) is 0.458. The van der Waals surface area contributed by atoms with Crippen molar-refractivity contribution in [2.24, 2.45) is 4.99 Å². The number of hydrogen-bond acceptors (Lipinski definition) is 4. The van der Waals surface area contributed by atoms with Crippen molar-refractivity contribution < 1.29 is 4.74 Å². The number of anilines is 1. The second-order valence-corrected chi connectivity index (χ2v) is 7.91. The van der Waals surface area contributed by atoms with Gasteiger partial charge in [0.05, 0.1) is 13.2 Å². The highest BCUT2D eigenvalue weighted by Crippen LogP contribution is 2.27. The van der Waals surface area contributed by atoms with Gasteiger partial charge in [0.2, 0.25) is 0 Å². The van der Waals surface area contributed by atoms with Crippen LogP contribution in [0.15, 0.2) is 53.5 Å². The van der Waals surface area contributed by atoms with Gasteiger partial charge in [0.25, 0.3) is 0 Å². The lowest BCUT2D eigenvalue weighted by molar-refractivity contribution is 0.245. The lowest BCUT2D eigenvalue weighted by Gasteiger charge is -2.29. The van der Waals surface area contributed by atoms with Crippen molar-refractivity contribution in [3.8, 4) is 5.75 Å². The fourth-order valence-corrected chi connectivity index (χ4v) is 3.90. The summed E-state index contributed by atoms with van der Waals surface area (Å²) >= 11 is 0. The van der Waals surface area contributed by atoms with Crippen LogP contribution in [0.1, 0.15) is 30.0 Å². The minimum absolute atomic E-state index is 0. The predicted molar refractivity (Wildman–Crippen MR) is 141 cm³/mol. The van der Waals surface area contributed by atoms with Gasteiger partial charge in [-0.15, -0.1) is 24.0 Å². The first-order valence-corrected chi connectivity index (χ1v) is 10.7. The number of ether oxygens (including phenoxy) is 1. The second-order valence-electron chi connectivity index (χ2n) is 7.91. The van der Waals surface area contributed by atoms with Crippen molar-refractivity contribution in [2.45, 2.75) is 25.4 Å². The van der Waals surface area contributed by atoms with Gasteiger partial charge in [-0.05, 0) is 61.3 Å². The summed E-state index contributed by atoms with van der Waals surface area (Å²) in [5, 5.41) is 6.98. The summed E-state index contributed by atoms with van der Waals surface area (Å²) in [5.74, 6) is 1.72. The van der Waals surface area contributed by atoms with Crippen LogP contribution in [0.4, 0.5) is 5.69 Å². The summed E-state index contributed by atoms with van der Waals surface area (Å²) in [7, 11) is 7.66. The molecular formula is C24H36IN5O. The van der Waals surface area contributed by atoms with Gasteiger partial charge in [-0.3, -0.25) is 9.89 Å². The highest BCUT2D eigenvalue weighted by atomic mass is 127. The van der Waals surface area contributed by atoms with E-state index < -0.39 is 0 Å². The highest BCUT2D eigenvalue weighted by molar-refractivity contribution is 14.0. The molecule has 1 unspecified atom stereocenters. The molecule has 0 bridgehead atoms. The van der Waals surface area contributed by atoms with Gasteiger partial charge >= 0.3 is 0 Å². The molecule has 2 aromatic carbocycles. The first kappa shape index (κ1) is 25.3. The molecule has 2 aromatic rings. The summed E-state index contributed by atoms with van der Waals surface area (Å²) in [5.41, 5.74) is 3.70. The fourth-order valence-electron chi connectivity index (χ4n) is 3.90. The Kier molecular flexibility index (Phi) is 10.4. The van der Waals surface area contributed by atoms with Gasteiger partial charge in [-0.2, -0.15) is 0 Å². The molecule has 1 saturated heterocycles. The van der Waals surface area contributed by atoms with Crippen LogP contribution in [-0.2, 0) is 6.54 Å². The maximum Gasteiger partial charge on any atom is 0.191 e. The van der Waals surface area contributed by atoms with Crippen LogP contribution in [0.3, 0.4) is 0 Å². The van der Waals surface area contributed by atoms with E-state index in [2.05, 4.69) is 82.0 Å². The van der Waals surface area contributed by atoms with Gasteiger partial charge in [0.1, 0.15) is 5.75 Å². The summed E-state index contributed by atoms with van der Waals surface area (Å²) < 4.78 is 5.45. The Hall–Kier alpha value is -2.00. The third-order valence-electron chi connectivity index (χ3n) is 5.63. The van der Waals surface area contributed by atoms with Gasteiger partial charge < -0.3 is 20.3 Å². The van der Waals surface area contributed by atoms with Crippen molar-refractivity contribution in [2.75, 3.05) is 52.8 Å². The zero-order chi connectivity index (χ0) is 21.3. The Balaban J connectivity index is 0.00000341. The van der Waals surface area contributed by atoms with E-state index >= 15 is 0 Å². The first-order chi connectivity index (χ1) is 14.6. The van der Waals surface area contributed by atoms with E-state index in [4.69, 9.17) is 4.74 Å². The molecule has 0 aliphatic carbocycles. The minimum Gasteiger partial charge on any atom is -0.497 e. The molecule has 0 aromatic heterocycles. The van der Waals surface area contributed by atoms with Crippen LogP contribution in [0.5, 0.6) is 5.75 Å². The van der Waals surface area contributed by atoms with Gasteiger partial charge in [-0.1, -0.05) is 24.3 Å². The van der Waals surface area contributed by atoms with Crippen molar-refractivity contribution in [1.29, 1.82) is 0 Å². The quantitative estimate of drug-likeness (QED) is 0.304. The molecule has 1 aliphatic heterocycles. The smallest absolute Gasteiger partial charge is 0.191 e. The molecule has 1 aliphatic rings. The zero-order valence-corrected chi connectivity index (χ0v) is 21.4. The van der Waals surface area contributed by atoms with Gasteiger partial charge in [-0.25, -0.2) is 0 Å². The SMILES string of the molecule is CN=C(NCc1cccc(N(C)C)c1)NCC(c1cccc(OC)c1)N1CCCC1.I. The third-order valence-corrected chi connectivity index (χ3v) is 5.63. The van der Waals surface area contributed by atoms with E-state index in [9.17, 15) is 0 Å². The summed E-state index contributed by atoms with van der Waals surface area (Å²) in [6, 6.07) is 17.2. The number of benzene rings is 2. The molecule has 1 heterocycles. The lowest BCUT2D eigenvalue weighted by Crippen LogP contribution is -2.42. The number of halogens is 1. The Morgan fingerprint density at radius 1 is 1.10 bits per heavy atom. The standard InChI is InChI=1S/C24H35N5O.HI/c1-25-24(26-17-19-9-7-11-21(15-19)28(2)3)27-18-23(29-13-5-6-14-29)20-10-8-12-22(16-20)30-4;/h7-12,15-16,23H,5-6,13-14,17-18H2,1-4H3,(H2,25,26,27);1H. The molecule has 0 radical (unpaired) electrons. The number of aliphatic imine (C=N–C) groups is 1. The van der Waals surface area contributed by atoms with E-state index in [1.807, 2.05) is 13.1 Å². The number of likely N-dealkylation sites (tertiary alicyclic amines) is 1. The predicted octanol–water partition coefficient (Wildman–Crippen LogP) is 3.88. The van der Waals surface area contributed by atoms with Crippen LogP contribution in [0.25, 0.3) is 0 Å².